The average Bonchev–Trinajstić information content (AvgIpc) is 2.17. The van der Waals surface area contributed by atoms with Gasteiger partial charge in [0.2, 0.25) is 5.91 Å². The normalized spacial score (nSPS) is 14.3. The van der Waals surface area contributed by atoms with E-state index in [1.54, 1.807) is 11.8 Å². The highest BCUT2D eigenvalue weighted by Gasteiger charge is 2.32. The predicted molar refractivity (Wildman–Crippen MR) is 64.6 cm³/mol. The van der Waals surface area contributed by atoms with Crippen molar-refractivity contribution in [1.82, 2.24) is 4.90 Å². The summed E-state index contributed by atoms with van der Waals surface area (Å²) >= 11 is 0. The van der Waals surface area contributed by atoms with E-state index in [1.165, 1.54) is 0 Å². The Morgan fingerprint density at radius 1 is 1.56 bits per heavy atom. The maximum atomic E-state index is 12.2. The first-order chi connectivity index (χ1) is 7.36. The third-order valence-corrected chi connectivity index (χ3v) is 2.61. The van der Waals surface area contributed by atoms with Crippen LogP contribution < -0.4 is 5.73 Å². The molecule has 1 unspecified atom stereocenters. The molecule has 0 heterocycles. The molecule has 0 aromatic rings. The monoisotopic (exact) mass is 225 g/mol. The second kappa shape index (κ2) is 6.49. The maximum absolute atomic E-state index is 12.2. The molecule has 16 heavy (non-hydrogen) atoms. The van der Waals surface area contributed by atoms with Gasteiger partial charge in [0.05, 0.1) is 18.0 Å². The number of rotatable bonds is 6. The van der Waals surface area contributed by atoms with E-state index in [9.17, 15) is 4.79 Å². The first-order valence-corrected chi connectivity index (χ1v) is 5.83. The number of nitrogens with zero attached hydrogens (tertiary/aromatic N) is 2. The number of nitriles is 1. The van der Waals surface area contributed by atoms with Crippen molar-refractivity contribution in [1.29, 1.82) is 5.26 Å². The fourth-order valence-corrected chi connectivity index (χ4v) is 1.72. The van der Waals surface area contributed by atoms with Gasteiger partial charge in [-0.2, -0.15) is 5.26 Å². The van der Waals surface area contributed by atoms with Gasteiger partial charge in [-0.15, -0.1) is 0 Å². The summed E-state index contributed by atoms with van der Waals surface area (Å²) in [7, 11) is 0. The van der Waals surface area contributed by atoms with Gasteiger partial charge in [-0.05, 0) is 27.2 Å². The molecule has 0 aliphatic carbocycles. The fraction of sp³-hybridized carbons (Fsp3) is 0.833. The lowest BCUT2D eigenvalue weighted by Crippen LogP contribution is -2.55. The van der Waals surface area contributed by atoms with Crippen molar-refractivity contribution in [3.05, 3.63) is 0 Å². The van der Waals surface area contributed by atoms with Crippen LogP contribution in [0, 0.1) is 11.3 Å². The van der Waals surface area contributed by atoms with Crippen molar-refractivity contribution in [2.75, 3.05) is 6.54 Å². The third kappa shape index (κ3) is 4.19. The van der Waals surface area contributed by atoms with Gasteiger partial charge in [0.25, 0.3) is 0 Å². The van der Waals surface area contributed by atoms with E-state index in [0.29, 0.717) is 19.4 Å². The second-order valence-corrected chi connectivity index (χ2v) is 4.67. The molecule has 0 saturated carbocycles. The molecule has 4 heteroatoms. The zero-order valence-corrected chi connectivity index (χ0v) is 10.8. The second-order valence-electron chi connectivity index (χ2n) is 4.67. The molecule has 0 aromatic carbocycles. The number of hydrogen-bond acceptors (Lipinski definition) is 3. The Balaban J connectivity index is 4.67. The van der Waals surface area contributed by atoms with Gasteiger partial charge in [-0.25, -0.2) is 0 Å². The third-order valence-electron chi connectivity index (χ3n) is 2.61. The van der Waals surface area contributed by atoms with Gasteiger partial charge in [0.1, 0.15) is 0 Å². The summed E-state index contributed by atoms with van der Waals surface area (Å²) < 4.78 is 0. The highest BCUT2D eigenvalue weighted by Crippen LogP contribution is 2.15. The van der Waals surface area contributed by atoms with Crippen molar-refractivity contribution in [2.45, 2.75) is 58.5 Å². The van der Waals surface area contributed by atoms with Crippen molar-refractivity contribution >= 4 is 5.91 Å². The lowest BCUT2D eigenvalue weighted by Gasteiger charge is -2.34. The van der Waals surface area contributed by atoms with Crippen LogP contribution in [0.25, 0.3) is 0 Å². The largest absolute Gasteiger partial charge is 0.338 e. The molecule has 92 valence electrons. The first kappa shape index (κ1) is 14.9. The Kier molecular flexibility index (Phi) is 6.05. The number of hydrogen-bond donors (Lipinski definition) is 1. The number of nitrogens with two attached hydrogens (primary N) is 1. The Morgan fingerprint density at radius 3 is 2.50 bits per heavy atom. The molecule has 0 fully saturated rings. The number of carbonyl (C=O) groups is 1. The minimum Gasteiger partial charge on any atom is -0.338 e. The fourth-order valence-electron chi connectivity index (χ4n) is 1.72. The van der Waals surface area contributed by atoms with Crippen LogP contribution in [0.2, 0.25) is 0 Å². The summed E-state index contributed by atoms with van der Waals surface area (Å²) in [5, 5.41) is 8.57. The van der Waals surface area contributed by atoms with Crippen LogP contribution in [-0.2, 0) is 4.79 Å². The van der Waals surface area contributed by atoms with Crippen LogP contribution in [0.1, 0.15) is 47.0 Å². The molecule has 0 radical (unpaired) electrons. The SMILES string of the molecule is CCCC(C)(N)C(=O)N(CCC#N)C(C)C. The summed E-state index contributed by atoms with van der Waals surface area (Å²) in [5.41, 5.74) is 5.20. The summed E-state index contributed by atoms with van der Waals surface area (Å²) in [6.45, 7) is 8.12. The molecular weight excluding hydrogens is 202 g/mol. The van der Waals surface area contributed by atoms with Crippen molar-refractivity contribution in [2.24, 2.45) is 5.73 Å². The molecule has 0 aliphatic rings. The highest BCUT2D eigenvalue weighted by molar-refractivity contribution is 5.85. The Labute approximate surface area is 98.4 Å². The van der Waals surface area contributed by atoms with Crippen molar-refractivity contribution in [3.63, 3.8) is 0 Å². The van der Waals surface area contributed by atoms with E-state index in [4.69, 9.17) is 11.0 Å². The molecule has 1 atom stereocenters. The molecule has 0 rings (SSSR count). The lowest BCUT2D eigenvalue weighted by molar-refractivity contribution is -0.138. The van der Waals surface area contributed by atoms with E-state index in [0.717, 1.165) is 6.42 Å². The molecule has 0 aromatic heterocycles. The van der Waals surface area contributed by atoms with E-state index in [-0.39, 0.29) is 11.9 Å². The lowest BCUT2D eigenvalue weighted by atomic mass is 9.95. The molecular formula is C12H23N3O. The van der Waals surface area contributed by atoms with E-state index < -0.39 is 5.54 Å². The number of amides is 1. The van der Waals surface area contributed by atoms with Gasteiger partial charge >= 0.3 is 0 Å². The van der Waals surface area contributed by atoms with Crippen molar-refractivity contribution in [3.8, 4) is 6.07 Å². The van der Waals surface area contributed by atoms with E-state index in [2.05, 4.69) is 6.07 Å². The summed E-state index contributed by atoms with van der Waals surface area (Å²) in [4.78, 5) is 13.9. The van der Waals surface area contributed by atoms with Gasteiger partial charge in [0.15, 0.2) is 0 Å². The topological polar surface area (TPSA) is 70.1 Å². The van der Waals surface area contributed by atoms with E-state index in [1.807, 2.05) is 20.8 Å². The quantitative estimate of drug-likeness (QED) is 0.747. The highest BCUT2D eigenvalue weighted by atomic mass is 16.2. The first-order valence-electron chi connectivity index (χ1n) is 5.83. The predicted octanol–water partition coefficient (Wildman–Crippen LogP) is 1.65. The zero-order valence-electron chi connectivity index (χ0n) is 10.8. The van der Waals surface area contributed by atoms with Crippen LogP contribution in [-0.4, -0.2) is 28.9 Å². The molecule has 2 N–H and O–H groups in total. The zero-order chi connectivity index (χ0) is 12.8. The van der Waals surface area contributed by atoms with E-state index >= 15 is 0 Å². The number of carbonyl (C=O) groups excluding carboxylic acids is 1. The minimum absolute atomic E-state index is 0.0559. The molecule has 4 nitrogen and oxygen atoms in total. The van der Waals surface area contributed by atoms with Gasteiger partial charge in [-0.3, -0.25) is 4.79 Å². The van der Waals surface area contributed by atoms with Crippen LogP contribution in [0.4, 0.5) is 0 Å². The van der Waals surface area contributed by atoms with Crippen molar-refractivity contribution < 1.29 is 4.79 Å². The van der Waals surface area contributed by atoms with Gasteiger partial charge in [-0.1, -0.05) is 13.3 Å². The summed E-state index contributed by atoms with van der Waals surface area (Å²) in [6, 6.07) is 2.14. The Morgan fingerprint density at radius 2 is 2.12 bits per heavy atom. The molecule has 0 aliphatic heterocycles. The van der Waals surface area contributed by atoms with Crippen LogP contribution in [0.3, 0.4) is 0 Å². The minimum atomic E-state index is -0.811. The smallest absolute Gasteiger partial charge is 0.242 e. The van der Waals surface area contributed by atoms with Gasteiger partial charge < -0.3 is 10.6 Å². The molecule has 0 saturated heterocycles. The van der Waals surface area contributed by atoms with Crippen LogP contribution in [0.5, 0.6) is 0 Å². The maximum Gasteiger partial charge on any atom is 0.242 e. The van der Waals surface area contributed by atoms with Crippen LogP contribution in [0.15, 0.2) is 0 Å². The summed E-state index contributed by atoms with van der Waals surface area (Å²) in [5.74, 6) is -0.0559. The standard InChI is InChI=1S/C12H23N3O/c1-5-7-12(4,14)11(16)15(10(2)3)9-6-8-13/h10H,5-7,9,14H2,1-4H3. The molecule has 0 bridgehead atoms. The Bertz CT molecular complexity index is 266. The Hall–Kier alpha value is -1.08. The summed E-state index contributed by atoms with van der Waals surface area (Å²) in [6.07, 6.45) is 1.90. The molecule has 1 amide bonds. The van der Waals surface area contributed by atoms with Gasteiger partial charge in [0, 0.05) is 12.6 Å². The van der Waals surface area contributed by atoms with Crippen LogP contribution >= 0.6 is 0 Å². The average molecular weight is 225 g/mol. The molecule has 0 spiro atoms.